The third kappa shape index (κ3) is 2.48. The Kier molecular flexibility index (Phi) is 3.01. The van der Waals surface area contributed by atoms with Gasteiger partial charge in [0.2, 0.25) is 0 Å². The fourth-order valence-electron chi connectivity index (χ4n) is 1.78. The van der Waals surface area contributed by atoms with E-state index in [9.17, 15) is 0 Å². The Balaban J connectivity index is 1.95. The molecule has 0 aliphatic heterocycles. The van der Waals surface area contributed by atoms with E-state index in [0.29, 0.717) is 10.8 Å². The van der Waals surface area contributed by atoms with Gasteiger partial charge in [-0.15, -0.1) is 0 Å². The fraction of sp³-hybridized carbons (Fsp3) is 0.0714. The van der Waals surface area contributed by atoms with Gasteiger partial charge in [-0.1, -0.05) is 11.6 Å². The van der Waals surface area contributed by atoms with Gasteiger partial charge in [-0.3, -0.25) is 5.10 Å². The first kappa shape index (κ1) is 11.9. The molecule has 3 rings (SSSR count). The summed E-state index contributed by atoms with van der Waals surface area (Å²) in [7, 11) is 1.98. The number of nitrogens with zero attached hydrogens (tertiary/aromatic N) is 3. The summed E-state index contributed by atoms with van der Waals surface area (Å²) in [5.74, 6) is 1.42. The van der Waals surface area contributed by atoms with Gasteiger partial charge in [0.1, 0.15) is 7.05 Å². The number of hydrogen-bond donors (Lipinski definition) is 1. The first-order chi connectivity index (χ1) is 9.22. The molecule has 0 aliphatic carbocycles. The Hall–Kier alpha value is -2.20. The van der Waals surface area contributed by atoms with Crippen LogP contribution < -0.4 is 4.57 Å². The molecule has 0 bridgehead atoms. The molecule has 1 aromatic carbocycles. The molecule has 5 heteroatoms. The molecule has 0 fully saturated rings. The molecule has 4 nitrogen and oxygen atoms in total. The number of hydrogen-bond acceptors (Lipinski definition) is 2. The van der Waals surface area contributed by atoms with Crippen molar-refractivity contribution in [3.63, 3.8) is 0 Å². The van der Waals surface area contributed by atoms with Crippen molar-refractivity contribution < 1.29 is 4.57 Å². The number of aryl methyl sites for hydroxylation is 1. The van der Waals surface area contributed by atoms with Crippen molar-refractivity contribution in [3.8, 4) is 22.8 Å². The Morgan fingerprint density at radius 1 is 1.00 bits per heavy atom. The summed E-state index contributed by atoms with van der Waals surface area (Å²) < 4.78 is 1.97. The zero-order chi connectivity index (χ0) is 13.2. The second-order valence-corrected chi connectivity index (χ2v) is 4.70. The summed E-state index contributed by atoms with van der Waals surface area (Å²) in [6, 6.07) is 11.4. The molecule has 2 aromatic heterocycles. The number of nitrogens with one attached hydrogen (secondary N) is 1. The zero-order valence-electron chi connectivity index (χ0n) is 10.3. The van der Waals surface area contributed by atoms with Gasteiger partial charge in [0.25, 0.3) is 0 Å². The lowest BCUT2D eigenvalue weighted by Crippen LogP contribution is -2.25. The maximum Gasteiger partial charge on any atom is 0.181 e. The minimum atomic E-state index is 0.667. The number of H-pyrrole nitrogens is 1. The molecule has 0 radical (unpaired) electrons. The highest BCUT2D eigenvalue weighted by atomic mass is 35.5. The van der Waals surface area contributed by atoms with Gasteiger partial charge in [0.15, 0.2) is 24.0 Å². The molecule has 3 aromatic rings. The highest BCUT2D eigenvalue weighted by Crippen LogP contribution is 2.20. The summed E-state index contributed by atoms with van der Waals surface area (Å²) in [5.41, 5.74) is 1.94. The van der Waals surface area contributed by atoms with Crippen LogP contribution in [-0.4, -0.2) is 15.2 Å². The number of aromatic amines is 1. The van der Waals surface area contributed by atoms with E-state index >= 15 is 0 Å². The van der Waals surface area contributed by atoms with Gasteiger partial charge >= 0.3 is 0 Å². The monoisotopic (exact) mass is 271 g/mol. The predicted octanol–water partition coefficient (Wildman–Crippen LogP) is 2.62. The van der Waals surface area contributed by atoms with Gasteiger partial charge < -0.3 is 0 Å². The Labute approximate surface area is 115 Å². The Morgan fingerprint density at radius 2 is 1.68 bits per heavy atom. The van der Waals surface area contributed by atoms with Crippen molar-refractivity contribution >= 4 is 11.6 Å². The average Bonchev–Trinajstić information content (AvgIpc) is 2.90. The van der Waals surface area contributed by atoms with Crippen LogP contribution in [0.1, 0.15) is 0 Å². The molecule has 1 N–H and O–H groups in total. The van der Waals surface area contributed by atoms with Crippen molar-refractivity contribution in [3.05, 3.63) is 53.8 Å². The maximum absolute atomic E-state index is 5.86. The van der Waals surface area contributed by atoms with E-state index in [2.05, 4.69) is 15.2 Å². The van der Waals surface area contributed by atoms with E-state index in [1.165, 1.54) is 0 Å². The van der Waals surface area contributed by atoms with E-state index < -0.39 is 0 Å². The minimum Gasteiger partial charge on any atom is -0.259 e. The molecule has 0 aliphatic rings. The SMILES string of the molecule is C[n+]1ccc(-c2nc(-c3ccc(Cl)cc3)n[nH]2)cc1. The van der Waals surface area contributed by atoms with E-state index in [-0.39, 0.29) is 0 Å². The lowest BCUT2D eigenvalue weighted by atomic mass is 10.2. The second-order valence-electron chi connectivity index (χ2n) is 4.27. The normalized spacial score (nSPS) is 10.6. The summed E-state index contributed by atoms with van der Waals surface area (Å²) in [4.78, 5) is 4.49. The molecule has 0 atom stereocenters. The molecule has 2 heterocycles. The fourth-order valence-corrected chi connectivity index (χ4v) is 1.90. The van der Waals surface area contributed by atoms with Gasteiger partial charge in [-0.05, 0) is 24.3 Å². The van der Waals surface area contributed by atoms with Crippen LogP contribution in [0.2, 0.25) is 5.02 Å². The number of benzene rings is 1. The van der Waals surface area contributed by atoms with Gasteiger partial charge in [-0.25, -0.2) is 9.55 Å². The lowest BCUT2D eigenvalue weighted by Gasteiger charge is -1.95. The third-order valence-electron chi connectivity index (χ3n) is 2.84. The number of rotatable bonds is 2. The van der Waals surface area contributed by atoms with Crippen molar-refractivity contribution in [2.75, 3.05) is 0 Å². The molecule has 0 saturated carbocycles. The van der Waals surface area contributed by atoms with E-state index in [4.69, 9.17) is 11.6 Å². The Bertz CT molecular complexity index is 626. The molecule has 94 valence electrons. The molecular formula is C14H12ClN4+. The standard InChI is InChI=1S/C14H11ClN4/c1-19-8-6-11(7-9-19)14-16-13(17-18-14)10-2-4-12(15)5-3-10/h2-9H,1H3/p+1. The van der Waals surface area contributed by atoms with Crippen molar-refractivity contribution in [1.29, 1.82) is 0 Å². The maximum atomic E-state index is 5.86. The molecular weight excluding hydrogens is 260 g/mol. The predicted molar refractivity (Wildman–Crippen MR) is 73.4 cm³/mol. The van der Waals surface area contributed by atoms with E-state index in [0.717, 1.165) is 17.0 Å². The zero-order valence-corrected chi connectivity index (χ0v) is 11.1. The molecule has 0 amide bonds. The number of pyridine rings is 1. The molecule has 0 spiro atoms. The highest BCUT2D eigenvalue weighted by molar-refractivity contribution is 6.30. The average molecular weight is 272 g/mol. The first-order valence-corrected chi connectivity index (χ1v) is 6.24. The largest absolute Gasteiger partial charge is 0.259 e. The summed E-state index contributed by atoms with van der Waals surface area (Å²) >= 11 is 5.86. The Morgan fingerprint density at radius 3 is 2.37 bits per heavy atom. The second kappa shape index (κ2) is 4.82. The van der Waals surface area contributed by atoms with E-state index in [1.807, 2.05) is 60.4 Å². The van der Waals surface area contributed by atoms with Crippen LogP contribution in [0, 0.1) is 0 Å². The summed E-state index contributed by atoms with van der Waals surface area (Å²) in [6.45, 7) is 0. The molecule has 19 heavy (non-hydrogen) atoms. The first-order valence-electron chi connectivity index (χ1n) is 5.86. The van der Waals surface area contributed by atoms with E-state index in [1.54, 1.807) is 0 Å². The smallest absolute Gasteiger partial charge is 0.181 e. The summed E-state index contributed by atoms with van der Waals surface area (Å²) in [5, 5.41) is 7.88. The van der Waals surface area contributed by atoms with Gasteiger partial charge in [0.05, 0.1) is 0 Å². The highest BCUT2D eigenvalue weighted by Gasteiger charge is 2.08. The van der Waals surface area contributed by atoms with Crippen LogP contribution in [-0.2, 0) is 7.05 Å². The lowest BCUT2D eigenvalue weighted by molar-refractivity contribution is -0.671. The quantitative estimate of drug-likeness (QED) is 0.728. The topological polar surface area (TPSA) is 45.5 Å². The van der Waals surface area contributed by atoms with Gasteiger partial charge in [-0.2, -0.15) is 5.10 Å². The van der Waals surface area contributed by atoms with Crippen LogP contribution in [0.25, 0.3) is 22.8 Å². The van der Waals surface area contributed by atoms with Crippen molar-refractivity contribution in [2.24, 2.45) is 7.05 Å². The molecule has 0 saturated heterocycles. The van der Waals surface area contributed by atoms with Crippen LogP contribution in [0.5, 0.6) is 0 Å². The number of halogens is 1. The van der Waals surface area contributed by atoms with Crippen LogP contribution in [0.3, 0.4) is 0 Å². The summed E-state index contributed by atoms with van der Waals surface area (Å²) in [6.07, 6.45) is 3.94. The van der Waals surface area contributed by atoms with Crippen LogP contribution in [0.4, 0.5) is 0 Å². The van der Waals surface area contributed by atoms with Crippen molar-refractivity contribution in [1.82, 2.24) is 15.2 Å². The van der Waals surface area contributed by atoms with Crippen LogP contribution >= 0.6 is 11.6 Å². The minimum absolute atomic E-state index is 0.667. The van der Waals surface area contributed by atoms with Gasteiger partial charge in [0, 0.05) is 28.3 Å². The van der Waals surface area contributed by atoms with Crippen molar-refractivity contribution in [2.45, 2.75) is 0 Å². The number of aromatic nitrogens is 4. The molecule has 0 unspecified atom stereocenters. The van der Waals surface area contributed by atoms with Crippen LogP contribution in [0.15, 0.2) is 48.8 Å². The third-order valence-corrected chi connectivity index (χ3v) is 3.09.